The maximum absolute atomic E-state index is 12.4. The summed E-state index contributed by atoms with van der Waals surface area (Å²) in [6.45, 7) is 5.41. The average molecular weight is 338 g/mol. The lowest BCUT2D eigenvalue weighted by atomic mass is 10.1. The van der Waals surface area contributed by atoms with Crippen molar-refractivity contribution in [2.45, 2.75) is 13.3 Å². The highest BCUT2D eigenvalue weighted by atomic mass is 35.5. The number of piperazine rings is 1. The van der Waals surface area contributed by atoms with E-state index in [-0.39, 0.29) is 18.4 Å². The van der Waals surface area contributed by atoms with Gasteiger partial charge in [0.1, 0.15) is 0 Å². The van der Waals surface area contributed by atoms with Gasteiger partial charge in [0.2, 0.25) is 11.8 Å². The summed E-state index contributed by atoms with van der Waals surface area (Å²) in [4.78, 5) is 29.9. The minimum absolute atomic E-state index is 0.0272. The molecule has 1 aromatic carbocycles. The molecule has 0 aromatic heterocycles. The zero-order valence-electron chi connectivity index (χ0n) is 13.8. The predicted molar refractivity (Wildman–Crippen MR) is 91.5 cm³/mol. The molecule has 23 heavy (non-hydrogen) atoms. The number of likely N-dealkylation sites (N-methyl/N-ethyl adjacent to an activating group) is 1. The van der Waals surface area contributed by atoms with Gasteiger partial charge in [-0.15, -0.1) is 0 Å². The average Bonchev–Trinajstić information content (AvgIpc) is 2.51. The van der Waals surface area contributed by atoms with E-state index in [0.717, 1.165) is 31.7 Å². The van der Waals surface area contributed by atoms with Crippen LogP contribution in [0.1, 0.15) is 12.5 Å². The van der Waals surface area contributed by atoms with Gasteiger partial charge in [0.15, 0.2) is 0 Å². The van der Waals surface area contributed by atoms with Crippen LogP contribution < -0.4 is 0 Å². The van der Waals surface area contributed by atoms with Gasteiger partial charge >= 0.3 is 0 Å². The van der Waals surface area contributed by atoms with Crippen molar-refractivity contribution < 1.29 is 9.59 Å². The molecular formula is C17H24ClN3O2. The van der Waals surface area contributed by atoms with E-state index < -0.39 is 0 Å². The van der Waals surface area contributed by atoms with Crippen LogP contribution in [-0.4, -0.2) is 72.8 Å². The summed E-state index contributed by atoms with van der Waals surface area (Å²) in [6.07, 6.45) is 0.691. The molecule has 0 atom stereocenters. The number of amides is 2. The van der Waals surface area contributed by atoms with Gasteiger partial charge in [0.05, 0.1) is 6.54 Å². The molecular weight excluding hydrogens is 314 g/mol. The van der Waals surface area contributed by atoms with E-state index in [1.165, 1.54) is 6.92 Å². The van der Waals surface area contributed by atoms with E-state index in [1.807, 2.05) is 29.2 Å². The molecule has 1 fully saturated rings. The van der Waals surface area contributed by atoms with Crippen LogP contribution >= 0.6 is 11.6 Å². The van der Waals surface area contributed by atoms with E-state index >= 15 is 0 Å². The Bertz CT molecular complexity index is 557. The third-order valence-electron chi connectivity index (χ3n) is 4.19. The lowest BCUT2D eigenvalue weighted by molar-refractivity contribution is -0.140. The molecule has 2 amide bonds. The van der Waals surface area contributed by atoms with Crippen LogP contribution in [0.15, 0.2) is 24.3 Å². The Kier molecular flexibility index (Phi) is 6.42. The molecule has 126 valence electrons. The van der Waals surface area contributed by atoms with Crippen molar-refractivity contribution in [3.63, 3.8) is 0 Å². The highest BCUT2D eigenvalue weighted by molar-refractivity contribution is 6.30. The number of hydrogen-bond acceptors (Lipinski definition) is 3. The molecule has 2 rings (SSSR count). The summed E-state index contributed by atoms with van der Waals surface area (Å²) in [5.41, 5.74) is 1.07. The summed E-state index contributed by atoms with van der Waals surface area (Å²) in [5.74, 6) is -0.0473. The Morgan fingerprint density at radius 2 is 1.91 bits per heavy atom. The Morgan fingerprint density at radius 1 is 1.22 bits per heavy atom. The smallest absolute Gasteiger partial charge is 0.242 e. The molecule has 0 unspecified atom stereocenters. The van der Waals surface area contributed by atoms with Crippen LogP contribution in [0.2, 0.25) is 5.02 Å². The summed E-state index contributed by atoms with van der Waals surface area (Å²) in [7, 11) is 2.05. The van der Waals surface area contributed by atoms with Gasteiger partial charge < -0.3 is 14.7 Å². The van der Waals surface area contributed by atoms with E-state index in [1.54, 1.807) is 4.90 Å². The first kappa shape index (κ1) is 17.8. The second-order valence-corrected chi connectivity index (χ2v) is 6.44. The van der Waals surface area contributed by atoms with Gasteiger partial charge in [-0.05, 0) is 31.2 Å². The van der Waals surface area contributed by atoms with Gasteiger partial charge in [0, 0.05) is 44.7 Å². The van der Waals surface area contributed by atoms with Gasteiger partial charge in [-0.2, -0.15) is 0 Å². The monoisotopic (exact) mass is 337 g/mol. The molecule has 0 N–H and O–H groups in total. The molecule has 1 saturated heterocycles. The van der Waals surface area contributed by atoms with Crippen LogP contribution in [-0.2, 0) is 16.0 Å². The van der Waals surface area contributed by atoms with E-state index in [2.05, 4.69) is 11.9 Å². The number of nitrogens with zero attached hydrogens (tertiary/aromatic N) is 3. The topological polar surface area (TPSA) is 43.9 Å². The molecule has 0 bridgehead atoms. The molecule has 1 heterocycles. The Labute approximate surface area is 142 Å². The maximum atomic E-state index is 12.4. The Morgan fingerprint density at radius 3 is 2.52 bits per heavy atom. The van der Waals surface area contributed by atoms with Crippen LogP contribution in [0.25, 0.3) is 0 Å². The first-order valence-electron chi connectivity index (χ1n) is 7.92. The number of halogens is 1. The van der Waals surface area contributed by atoms with Crippen LogP contribution in [0.5, 0.6) is 0 Å². The van der Waals surface area contributed by atoms with E-state index in [9.17, 15) is 9.59 Å². The minimum atomic E-state index is -0.0745. The van der Waals surface area contributed by atoms with E-state index in [0.29, 0.717) is 18.0 Å². The second kappa shape index (κ2) is 8.31. The van der Waals surface area contributed by atoms with Crippen molar-refractivity contribution >= 4 is 23.4 Å². The lowest BCUT2D eigenvalue weighted by Gasteiger charge is -2.33. The number of hydrogen-bond donors (Lipinski definition) is 0. The van der Waals surface area contributed by atoms with Crippen LogP contribution in [0.3, 0.4) is 0 Å². The largest absolute Gasteiger partial charge is 0.339 e. The third-order valence-corrected chi connectivity index (χ3v) is 4.42. The quantitative estimate of drug-likeness (QED) is 0.818. The van der Waals surface area contributed by atoms with Crippen molar-refractivity contribution in [2.75, 3.05) is 46.3 Å². The molecule has 5 nitrogen and oxygen atoms in total. The molecule has 1 aromatic rings. The van der Waals surface area contributed by atoms with Crippen LogP contribution in [0.4, 0.5) is 0 Å². The number of rotatable bonds is 5. The van der Waals surface area contributed by atoms with Crippen molar-refractivity contribution in [3.05, 3.63) is 34.9 Å². The zero-order chi connectivity index (χ0) is 16.8. The first-order chi connectivity index (χ1) is 11.0. The highest BCUT2D eigenvalue weighted by Gasteiger charge is 2.22. The maximum Gasteiger partial charge on any atom is 0.242 e. The standard InChI is InChI=1S/C17H24ClN3O2/c1-14(22)21(7-6-15-4-3-5-16(18)12-15)13-17(23)20-10-8-19(2)9-11-20/h3-5,12H,6-11,13H2,1-2H3. The van der Waals surface area contributed by atoms with Gasteiger partial charge in [-0.3, -0.25) is 9.59 Å². The Balaban J connectivity index is 1.88. The summed E-state index contributed by atoms with van der Waals surface area (Å²) in [5, 5.41) is 0.686. The lowest BCUT2D eigenvalue weighted by Crippen LogP contribution is -2.50. The van der Waals surface area contributed by atoms with Gasteiger partial charge in [0.25, 0.3) is 0 Å². The number of benzene rings is 1. The second-order valence-electron chi connectivity index (χ2n) is 6.00. The molecule has 0 radical (unpaired) electrons. The highest BCUT2D eigenvalue weighted by Crippen LogP contribution is 2.12. The third kappa shape index (κ3) is 5.52. The van der Waals surface area contributed by atoms with Crippen molar-refractivity contribution in [3.8, 4) is 0 Å². The summed E-state index contributed by atoms with van der Waals surface area (Å²) < 4.78 is 0. The number of carbonyl (C=O) groups excluding carboxylic acids is 2. The van der Waals surface area contributed by atoms with E-state index in [4.69, 9.17) is 11.6 Å². The fourth-order valence-corrected chi connectivity index (χ4v) is 2.84. The fraction of sp³-hybridized carbons (Fsp3) is 0.529. The summed E-state index contributed by atoms with van der Waals surface area (Å²) in [6, 6.07) is 7.59. The van der Waals surface area contributed by atoms with Crippen molar-refractivity contribution in [1.29, 1.82) is 0 Å². The van der Waals surface area contributed by atoms with Crippen LogP contribution in [0, 0.1) is 0 Å². The first-order valence-corrected chi connectivity index (χ1v) is 8.30. The van der Waals surface area contributed by atoms with Gasteiger partial charge in [-0.1, -0.05) is 23.7 Å². The van der Waals surface area contributed by atoms with Gasteiger partial charge in [-0.25, -0.2) is 0 Å². The normalized spacial score (nSPS) is 15.5. The molecule has 0 saturated carbocycles. The fourth-order valence-electron chi connectivity index (χ4n) is 2.62. The Hall–Kier alpha value is -1.59. The SMILES string of the molecule is CC(=O)N(CCc1cccc(Cl)c1)CC(=O)N1CCN(C)CC1. The minimum Gasteiger partial charge on any atom is -0.339 e. The number of carbonyl (C=O) groups is 2. The molecule has 1 aliphatic heterocycles. The molecule has 6 heteroatoms. The zero-order valence-corrected chi connectivity index (χ0v) is 14.6. The molecule has 1 aliphatic rings. The molecule has 0 spiro atoms. The van der Waals surface area contributed by atoms with Crippen molar-refractivity contribution in [2.24, 2.45) is 0 Å². The predicted octanol–water partition coefficient (Wildman–Crippen LogP) is 1.51. The summed E-state index contributed by atoms with van der Waals surface area (Å²) >= 11 is 5.98. The van der Waals surface area contributed by atoms with Crippen molar-refractivity contribution in [1.82, 2.24) is 14.7 Å². The molecule has 0 aliphatic carbocycles.